The first-order valence-corrected chi connectivity index (χ1v) is 5.77. The van der Waals surface area contributed by atoms with Gasteiger partial charge in [0.1, 0.15) is 0 Å². The maximum Gasteiger partial charge on any atom is 0.401 e. The molecule has 0 aromatic carbocycles. The van der Waals surface area contributed by atoms with Crippen LogP contribution in [-0.4, -0.2) is 34.1 Å². The van der Waals surface area contributed by atoms with Gasteiger partial charge < -0.3 is 0 Å². The van der Waals surface area contributed by atoms with Crippen LogP contribution in [0.4, 0.5) is 13.2 Å². The Balaban J connectivity index is 2.40. The van der Waals surface area contributed by atoms with Crippen LogP contribution in [0.5, 0.6) is 0 Å². The maximum atomic E-state index is 12.1. The summed E-state index contributed by atoms with van der Waals surface area (Å²) < 4.78 is 36.1. The molecule has 0 saturated carbocycles. The molecule has 0 N–H and O–H groups in total. The molecular formula is C9H12F3IN2. The molecule has 0 unspecified atom stereocenters. The number of halogens is 4. The molecular weight excluding hydrogens is 320 g/mol. The van der Waals surface area contributed by atoms with Gasteiger partial charge in [-0.15, -0.1) is 0 Å². The first-order chi connectivity index (χ1) is 6.85. The quantitative estimate of drug-likeness (QED) is 0.574. The Kier molecular flexibility index (Phi) is 4.23. The summed E-state index contributed by atoms with van der Waals surface area (Å²) >= 11 is 2.21. The third kappa shape index (κ3) is 4.55. The lowest BCUT2D eigenvalue weighted by atomic mass is 9.94. The fourth-order valence-electron chi connectivity index (χ4n) is 1.68. The van der Waals surface area contributed by atoms with Crippen molar-refractivity contribution in [1.82, 2.24) is 4.90 Å². The average molecular weight is 332 g/mol. The van der Waals surface area contributed by atoms with Gasteiger partial charge in [-0.2, -0.15) is 18.4 Å². The summed E-state index contributed by atoms with van der Waals surface area (Å²) in [6.45, 7) is 0.0422. The molecule has 0 amide bonds. The van der Waals surface area contributed by atoms with Crippen molar-refractivity contribution in [2.75, 3.05) is 19.6 Å². The summed E-state index contributed by atoms with van der Waals surface area (Å²) in [5.41, 5.74) is 0. The van der Waals surface area contributed by atoms with E-state index in [9.17, 15) is 13.2 Å². The van der Waals surface area contributed by atoms with E-state index in [1.807, 2.05) is 0 Å². The van der Waals surface area contributed by atoms with Crippen molar-refractivity contribution in [2.45, 2.75) is 28.9 Å². The Morgan fingerprint density at radius 1 is 1.33 bits per heavy atom. The number of nitrogens with zero attached hydrogens (tertiary/aromatic N) is 2. The van der Waals surface area contributed by atoms with Gasteiger partial charge in [-0.3, -0.25) is 4.90 Å². The van der Waals surface area contributed by atoms with Crippen LogP contribution in [0.25, 0.3) is 0 Å². The Morgan fingerprint density at radius 3 is 2.27 bits per heavy atom. The zero-order valence-corrected chi connectivity index (χ0v) is 10.3. The van der Waals surface area contributed by atoms with Crippen LogP contribution < -0.4 is 0 Å². The third-order valence-electron chi connectivity index (χ3n) is 2.55. The Bertz CT molecular complexity index is 251. The molecule has 0 aromatic rings. The largest absolute Gasteiger partial charge is 0.401 e. The number of hydrogen-bond acceptors (Lipinski definition) is 2. The summed E-state index contributed by atoms with van der Waals surface area (Å²) in [5.74, 6) is 0. The van der Waals surface area contributed by atoms with E-state index in [0.717, 1.165) is 0 Å². The molecule has 1 aliphatic heterocycles. The second-order valence-electron chi connectivity index (χ2n) is 3.88. The van der Waals surface area contributed by atoms with E-state index in [-0.39, 0.29) is 3.42 Å². The first-order valence-electron chi connectivity index (χ1n) is 4.70. The summed E-state index contributed by atoms with van der Waals surface area (Å²) in [6.07, 6.45) is -2.36. The maximum absolute atomic E-state index is 12.1. The Hall–Kier alpha value is -0.0300. The van der Waals surface area contributed by atoms with E-state index in [0.29, 0.717) is 32.4 Å². The molecule has 1 saturated heterocycles. The molecule has 15 heavy (non-hydrogen) atoms. The molecule has 0 aliphatic carbocycles. The molecule has 0 radical (unpaired) electrons. The number of likely N-dealkylation sites (tertiary alicyclic amines) is 1. The Morgan fingerprint density at radius 2 is 1.87 bits per heavy atom. The lowest BCUT2D eigenvalue weighted by Gasteiger charge is -2.36. The summed E-state index contributed by atoms with van der Waals surface area (Å²) in [5, 5.41) is 8.59. The number of rotatable bonds is 2. The van der Waals surface area contributed by atoms with Crippen molar-refractivity contribution in [3.63, 3.8) is 0 Å². The van der Waals surface area contributed by atoms with E-state index >= 15 is 0 Å². The van der Waals surface area contributed by atoms with Gasteiger partial charge in [0.05, 0.1) is 12.6 Å². The lowest BCUT2D eigenvalue weighted by Crippen LogP contribution is -2.44. The van der Waals surface area contributed by atoms with Gasteiger partial charge in [0.25, 0.3) is 0 Å². The van der Waals surface area contributed by atoms with Gasteiger partial charge in [0, 0.05) is 9.84 Å². The monoisotopic (exact) mass is 332 g/mol. The highest BCUT2D eigenvalue weighted by Crippen LogP contribution is 2.35. The lowest BCUT2D eigenvalue weighted by molar-refractivity contribution is -0.148. The van der Waals surface area contributed by atoms with Crippen LogP contribution in [0.3, 0.4) is 0 Å². The summed E-state index contributed by atoms with van der Waals surface area (Å²) in [4.78, 5) is 1.41. The van der Waals surface area contributed by atoms with E-state index in [2.05, 4.69) is 28.7 Å². The average Bonchev–Trinajstić information content (AvgIpc) is 2.08. The molecule has 0 atom stereocenters. The predicted molar refractivity (Wildman–Crippen MR) is 58.7 cm³/mol. The standard InChI is InChI=1S/C9H12F3IN2/c10-9(11,12)7-15-5-2-8(13,1-4-14)3-6-15/h1-3,5-7H2. The van der Waals surface area contributed by atoms with Gasteiger partial charge >= 0.3 is 6.18 Å². The van der Waals surface area contributed by atoms with Crippen LogP contribution in [0.1, 0.15) is 19.3 Å². The van der Waals surface area contributed by atoms with Crippen molar-refractivity contribution >= 4 is 22.6 Å². The third-order valence-corrected chi connectivity index (χ3v) is 4.01. The van der Waals surface area contributed by atoms with E-state index in [4.69, 9.17) is 5.26 Å². The second-order valence-corrected chi connectivity index (χ2v) is 6.17. The normalized spacial score (nSPS) is 22.3. The molecule has 0 bridgehead atoms. The number of piperidine rings is 1. The summed E-state index contributed by atoms with van der Waals surface area (Å²) in [7, 11) is 0. The minimum Gasteiger partial charge on any atom is -0.295 e. The fraction of sp³-hybridized carbons (Fsp3) is 0.889. The molecule has 0 spiro atoms. The molecule has 0 aromatic heterocycles. The van der Waals surface area contributed by atoms with Gasteiger partial charge in [-0.05, 0) is 25.9 Å². The number of hydrogen-bond donors (Lipinski definition) is 0. The smallest absolute Gasteiger partial charge is 0.295 e. The fourth-order valence-corrected chi connectivity index (χ4v) is 2.34. The molecule has 1 aliphatic rings. The van der Waals surface area contributed by atoms with Crippen LogP contribution in [0, 0.1) is 11.3 Å². The van der Waals surface area contributed by atoms with Crippen molar-refractivity contribution in [2.24, 2.45) is 0 Å². The van der Waals surface area contributed by atoms with Crippen molar-refractivity contribution in [3.05, 3.63) is 0 Å². The molecule has 1 heterocycles. The van der Waals surface area contributed by atoms with E-state index in [1.54, 1.807) is 0 Å². The topological polar surface area (TPSA) is 27.0 Å². The minimum absolute atomic E-state index is 0.116. The summed E-state index contributed by atoms with van der Waals surface area (Å²) in [6, 6.07) is 2.09. The first kappa shape index (κ1) is 13.0. The van der Waals surface area contributed by atoms with Crippen LogP contribution in [0.2, 0.25) is 0 Å². The molecule has 6 heteroatoms. The second kappa shape index (κ2) is 4.87. The molecule has 1 fully saturated rings. The number of nitriles is 1. The predicted octanol–water partition coefficient (Wildman–Crippen LogP) is 2.73. The molecule has 1 rings (SSSR count). The van der Waals surface area contributed by atoms with Gasteiger partial charge in [-0.25, -0.2) is 0 Å². The molecule has 2 nitrogen and oxygen atoms in total. The van der Waals surface area contributed by atoms with Crippen LogP contribution in [0.15, 0.2) is 0 Å². The van der Waals surface area contributed by atoms with Crippen LogP contribution in [-0.2, 0) is 0 Å². The zero-order chi connectivity index (χ0) is 11.5. The SMILES string of the molecule is N#CCC1(I)CCN(CC(F)(F)F)CC1. The zero-order valence-electron chi connectivity index (χ0n) is 8.15. The van der Waals surface area contributed by atoms with Crippen molar-refractivity contribution in [1.29, 1.82) is 5.26 Å². The van der Waals surface area contributed by atoms with E-state index < -0.39 is 12.7 Å². The highest BCUT2D eigenvalue weighted by molar-refractivity contribution is 14.1. The Labute approximate surface area is 101 Å². The van der Waals surface area contributed by atoms with Gasteiger partial charge in [-0.1, -0.05) is 22.6 Å². The van der Waals surface area contributed by atoms with Crippen molar-refractivity contribution < 1.29 is 13.2 Å². The van der Waals surface area contributed by atoms with Crippen LogP contribution >= 0.6 is 22.6 Å². The molecule has 86 valence electrons. The number of alkyl halides is 4. The van der Waals surface area contributed by atoms with Gasteiger partial charge in [0.2, 0.25) is 0 Å². The highest BCUT2D eigenvalue weighted by Gasteiger charge is 2.36. The highest BCUT2D eigenvalue weighted by atomic mass is 127. The minimum atomic E-state index is -4.11. The van der Waals surface area contributed by atoms with Gasteiger partial charge in [0.15, 0.2) is 0 Å². The van der Waals surface area contributed by atoms with E-state index in [1.165, 1.54) is 4.90 Å². The van der Waals surface area contributed by atoms with Crippen molar-refractivity contribution in [3.8, 4) is 6.07 Å².